The Morgan fingerprint density at radius 1 is 1.00 bits per heavy atom. The zero-order valence-corrected chi connectivity index (χ0v) is 11.3. The minimum absolute atomic E-state index is 0.947. The predicted molar refractivity (Wildman–Crippen MR) is 69.3 cm³/mol. The van der Waals surface area contributed by atoms with Gasteiger partial charge in [0.15, 0.2) is 0 Å². The molecule has 2 heteroatoms. The van der Waals surface area contributed by atoms with Crippen molar-refractivity contribution in [3.8, 4) is 0 Å². The van der Waals surface area contributed by atoms with Gasteiger partial charge < -0.3 is 10.2 Å². The van der Waals surface area contributed by atoms with Crippen molar-refractivity contribution in [2.45, 2.75) is 40.5 Å². The van der Waals surface area contributed by atoms with E-state index in [9.17, 15) is 0 Å². The molecule has 0 aromatic heterocycles. The van der Waals surface area contributed by atoms with Gasteiger partial charge in [-0.15, -0.1) is 0 Å². The SMILES string of the molecule is CC.CC.CN1CCC2CCNCC2C1. The molecule has 2 heterocycles. The quantitative estimate of drug-likeness (QED) is 0.667. The van der Waals surface area contributed by atoms with Gasteiger partial charge in [0, 0.05) is 6.54 Å². The smallest absolute Gasteiger partial charge is 0.00214 e. The third-order valence-corrected chi connectivity index (χ3v) is 3.19. The number of nitrogens with zero attached hydrogens (tertiary/aromatic N) is 1. The molecule has 0 aliphatic carbocycles. The summed E-state index contributed by atoms with van der Waals surface area (Å²) in [6.45, 7) is 13.2. The van der Waals surface area contributed by atoms with Crippen LogP contribution in [0.5, 0.6) is 0 Å². The minimum Gasteiger partial charge on any atom is -0.316 e. The highest BCUT2D eigenvalue weighted by Crippen LogP contribution is 2.27. The molecule has 2 saturated heterocycles. The molecule has 2 rings (SSSR count). The molecule has 2 aliphatic rings. The van der Waals surface area contributed by atoms with Crippen LogP contribution >= 0.6 is 0 Å². The first-order chi connectivity index (χ1) is 7.36. The van der Waals surface area contributed by atoms with Gasteiger partial charge in [0.2, 0.25) is 0 Å². The maximum Gasteiger partial charge on any atom is 0.00214 e. The van der Waals surface area contributed by atoms with Gasteiger partial charge >= 0.3 is 0 Å². The molecule has 2 nitrogen and oxygen atoms in total. The van der Waals surface area contributed by atoms with Gasteiger partial charge in [0.25, 0.3) is 0 Å². The second-order valence-electron chi connectivity index (χ2n) is 4.06. The van der Waals surface area contributed by atoms with E-state index in [4.69, 9.17) is 0 Å². The van der Waals surface area contributed by atoms with Crippen LogP contribution < -0.4 is 5.32 Å². The highest BCUT2D eigenvalue weighted by Gasteiger charge is 2.29. The Morgan fingerprint density at radius 3 is 2.33 bits per heavy atom. The Balaban J connectivity index is 0.000000442. The van der Waals surface area contributed by atoms with Crippen LogP contribution in [-0.2, 0) is 0 Å². The molecule has 2 aliphatic heterocycles. The minimum atomic E-state index is 0.947. The molecule has 1 N–H and O–H groups in total. The Kier molecular flexibility index (Phi) is 9.12. The van der Waals surface area contributed by atoms with E-state index in [1.54, 1.807) is 0 Å². The predicted octanol–water partition coefficient (Wildman–Crippen LogP) is 2.60. The van der Waals surface area contributed by atoms with Gasteiger partial charge in [0.05, 0.1) is 0 Å². The first kappa shape index (κ1) is 14.9. The fourth-order valence-electron chi connectivity index (χ4n) is 2.45. The molecule has 92 valence electrons. The second-order valence-corrected chi connectivity index (χ2v) is 4.06. The Hall–Kier alpha value is -0.0800. The molecule has 0 radical (unpaired) electrons. The summed E-state index contributed by atoms with van der Waals surface area (Å²) in [5.41, 5.74) is 0. The summed E-state index contributed by atoms with van der Waals surface area (Å²) in [6, 6.07) is 0. The van der Waals surface area contributed by atoms with Crippen LogP contribution in [-0.4, -0.2) is 38.1 Å². The summed E-state index contributed by atoms with van der Waals surface area (Å²) < 4.78 is 0. The van der Waals surface area contributed by atoms with Crippen LogP contribution in [0.1, 0.15) is 40.5 Å². The standard InChI is InChI=1S/C9H18N2.2C2H6/c1-11-5-3-8-2-4-10-6-9(8)7-11;2*1-2/h8-10H,2-7H2,1H3;2*1-2H3. The van der Waals surface area contributed by atoms with Gasteiger partial charge in [-0.05, 0) is 51.4 Å². The molecular formula is C13H30N2. The normalized spacial score (nSPS) is 30.2. The summed E-state index contributed by atoms with van der Waals surface area (Å²) in [6.07, 6.45) is 2.85. The van der Waals surface area contributed by atoms with Crippen molar-refractivity contribution < 1.29 is 0 Å². The summed E-state index contributed by atoms with van der Waals surface area (Å²) in [5, 5.41) is 3.48. The molecule has 15 heavy (non-hydrogen) atoms. The third kappa shape index (κ3) is 4.98. The molecule has 0 bridgehead atoms. The molecule has 0 spiro atoms. The first-order valence-corrected chi connectivity index (χ1v) is 6.75. The van der Waals surface area contributed by atoms with Gasteiger partial charge in [-0.1, -0.05) is 27.7 Å². The molecule has 0 amide bonds. The average Bonchev–Trinajstić information content (AvgIpc) is 2.34. The van der Waals surface area contributed by atoms with E-state index in [-0.39, 0.29) is 0 Å². The van der Waals surface area contributed by atoms with Crippen molar-refractivity contribution >= 4 is 0 Å². The van der Waals surface area contributed by atoms with Gasteiger partial charge in [-0.2, -0.15) is 0 Å². The van der Waals surface area contributed by atoms with E-state index in [1.807, 2.05) is 27.7 Å². The maximum absolute atomic E-state index is 3.48. The Morgan fingerprint density at radius 2 is 1.67 bits per heavy atom. The van der Waals surface area contributed by atoms with Crippen molar-refractivity contribution in [1.29, 1.82) is 0 Å². The van der Waals surface area contributed by atoms with Crippen LogP contribution in [0, 0.1) is 11.8 Å². The van der Waals surface area contributed by atoms with Crippen molar-refractivity contribution in [1.82, 2.24) is 10.2 Å². The summed E-state index contributed by atoms with van der Waals surface area (Å²) in [4.78, 5) is 2.47. The average molecular weight is 214 g/mol. The lowest BCUT2D eigenvalue weighted by molar-refractivity contribution is 0.115. The number of likely N-dealkylation sites (tertiary alicyclic amines) is 1. The summed E-state index contributed by atoms with van der Waals surface area (Å²) in [5.74, 6) is 1.98. The molecule has 0 saturated carbocycles. The van der Waals surface area contributed by atoms with Crippen molar-refractivity contribution in [2.24, 2.45) is 11.8 Å². The zero-order valence-electron chi connectivity index (χ0n) is 11.3. The molecule has 2 unspecified atom stereocenters. The number of hydrogen-bond donors (Lipinski definition) is 1. The topological polar surface area (TPSA) is 15.3 Å². The maximum atomic E-state index is 3.48. The fraction of sp³-hybridized carbons (Fsp3) is 1.00. The highest BCUT2D eigenvalue weighted by atomic mass is 15.1. The lowest BCUT2D eigenvalue weighted by atomic mass is 9.81. The lowest BCUT2D eigenvalue weighted by Gasteiger charge is -2.40. The van der Waals surface area contributed by atoms with Gasteiger partial charge in [-0.3, -0.25) is 0 Å². The summed E-state index contributed by atoms with van der Waals surface area (Å²) in [7, 11) is 2.24. The van der Waals surface area contributed by atoms with Crippen LogP contribution in [0.2, 0.25) is 0 Å². The molecule has 0 aromatic rings. The van der Waals surface area contributed by atoms with Gasteiger partial charge in [-0.25, -0.2) is 0 Å². The van der Waals surface area contributed by atoms with E-state index in [2.05, 4.69) is 17.3 Å². The zero-order chi connectivity index (χ0) is 11.7. The van der Waals surface area contributed by atoms with E-state index in [0.717, 1.165) is 11.8 Å². The Bertz CT molecular complexity index is 136. The highest BCUT2D eigenvalue weighted by molar-refractivity contribution is 4.84. The number of nitrogens with one attached hydrogen (secondary N) is 1. The Labute approximate surface area is 96.4 Å². The van der Waals surface area contributed by atoms with E-state index in [1.165, 1.54) is 39.0 Å². The lowest BCUT2D eigenvalue weighted by Crippen LogP contribution is -2.47. The number of piperidine rings is 2. The number of fused-ring (bicyclic) bond motifs is 1. The monoisotopic (exact) mass is 214 g/mol. The van der Waals surface area contributed by atoms with Crippen molar-refractivity contribution in [3.63, 3.8) is 0 Å². The van der Waals surface area contributed by atoms with E-state index < -0.39 is 0 Å². The third-order valence-electron chi connectivity index (χ3n) is 3.19. The number of hydrogen-bond acceptors (Lipinski definition) is 2. The van der Waals surface area contributed by atoms with Crippen LogP contribution in [0.4, 0.5) is 0 Å². The molecular weight excluding hydrogens is 184 g/mol. The number of rotatable bonds is 0. The molecule has 2 fully saturated rings. The van der Waals surface area contributed by atoms with Crippen molar-refractivity contribution in [3.05, 3.63) is 0 Å². The van der Waals surface area contributed by atoms with Crippen molar-refractivity contribution in [2.75, 3.05) is 33.2 Å². The van der Waals surface area contributed by atoms with Crippen LogP contribution in [0.25, 0.3) is 0 Å². The first-order valence-electron chi connectivity index (χ1n) is 6.75. The molecule has 2 atom stereocenters. The van der Waals surface area contributed by atoms with E-state index in [0.29, 0.717) is 0 Å². The van der Waals surface area contributed by atoms with Crippen LogP contribution in [0.15, 0.2) is 0 Å². The van der Waals surface area contributed by atoms with Gasteiger partial charge in [0.1, 0.15) is 0 Å². The van der Waals surface area contributed by atoms with E-state index >= 15 is 0 Å². The second kappa shape index (κ2) is 9.17. The largest absolute Gasteiger partial charge is 0.316 e. The fourth-order valence-corrected chi connectivity index (χ4v) is 2.45. The molecule has 0 aromatic carbocycles. The van der Waals surface area contributed by atoms with Crippen LogP contribution in [0.3, 0.4) is 0 Å². The summed E-state index contributed by atoms with van der Waals surface area (Å²) >= 11 is 0.